The Morgan fingerprint density at radius 2 is 1.27 bits per heavy atom. The molecule has 2 saturated heterocycles. The van der Waals surface area contributed by atoms with Gasteiger partial charge in [-0.1, -0.05) is 104 Å². The number of carbonyl (C=O) groups excluding carboxylic acids is 1. The summed E-state index contributed by atoms with van der Waals surface area (Å²) in [6, 6.07) is -1.09. The Bertz CT molecular complexity index is 1670. The number of fused-ring (bicyclic) bond motifs is 2. The number of hydrogen-bond donors (Lipinski definition) is 11. The summed E-state index contributed by atoms with van der Waals surface area (Å²) < 4.78 is 23.7. The highest BCUT2D eigenvalue weighted by molar-refractivity contribution is 5.70. The number of nitrogens with two attached hydrogens (primary N) is 1. The lowest BCUT2D eigenvalue weighted by atomic mass is 9.83. The van der Waals surface area contributed by atoms with Crippen molar-refractivity contribution >= 4 is 12.2 Å². The Morgan fingerprint density at radius 1 is 0.682 bits per heavy atom. The fourth-order valence-corrected chi connectivity index (χ4v) is 8.00. The van der Waals surface area contributed by atoms with E-state index in [1.807, 2.05) is 61.6 Å². The molecule has 12 N–H and O–H groups in total. The molecule has 0 spiro atoms. The van der Waals surface area contributed by atoms with Gasteiger partial charge in [0.2, 0.25) is 0 Å². The third kappa shape index (κ3) is 19.3. The minimum atomic E-state index is -2.15. The molecule has 0 aromatic carbocycles. The maximum Gasteiger partial charge on any atom is 0.308 e. The van der Waals surface area contributed by atoms with Crippen LogP contribution < -0.4 is 5.73 Å². The number of carbonyl (C=O) groups is 1. The largest absolute Gasteiger partial charge is 0.462 e. The van der Waals surface area contributed by atoms with E-state index in [0.29, 0.717) is 0 Å². The molecule has 3 aliphatic rings. The summed E-state index contributed by atoms with van der Waals surface area (Å²) >= 11 is 0. The summed E-state index contributed by atoms with van der Waals surface area (Å²) in [5.74, 6) is -4.44. The number of rotatable bonds is 4. The van der Waals surface area contributed by atoms with Crippen molar-refractivity contribution in [3.05, 3.63) is 85.1 Å². The number of esters is 1. The average molecular weight is 937 g/mol. The van der Waals surface area contributed by atoms with Crippen molar-refractivity contribution in [1.29, 1.82) is 0 Å². The number of oxime groups is 1. The zero-order valence-corrected chi connectivity index (χ0v) is 38.7. The Morgan fingerprint density at radius 3 is 1.88 bits per heavy atom. The van der Waals surface area contributed by atoms with Gasteiger partial charge in [0.25, 0.3) is 0 Å². The molecular weight excluding hydrogens is 861 g/mol. The number of aliphatic hydroxyl groups excluding tert-OH is 9. The summed E-state index contributed by atoms with van der Waals surface area (Å²) in [7, 11) is 1.31. The van der Waals surface area contributed by atoms with Crippen LogP contribution in [0.1, 0.15) is 79.1 Å². The van der Waals surface area contributed by atoms with Crippen molar-refractivity contribution in [3.8, 4) is 0 Å². The van der Waals surface area contributed by atoms with Gasteiger partial charge in [-0.2, -0.15) is 0 Å². The molecule has 2 fully saturated rings. The molecule has 374 valence electrons. The van der Waals surface area contributed by atoms with Crippen LogP contribution in [0.2, 0.25) is 0 Å². The minimum absolute atomic E-state index is 0.0716. The van der Waals surface area contributed by atoms with E-state index in [0.717, 1.165) is 0 Å². The Balaban J connectivity index is 1.87. The van der Waals surface area contributed by atoms with Gasteiger partial charge < -0.3 is 80.6 Å². The first-order valence-electron chi connectivity index (χ1n) is 22.8. The van der Waals surface area contributed by atoms with Gasteiger partial charge in [-0.15, -0.1) is 0 Å². The topological polar surface area (TPSA) is 304 Å². The molecule has 0 unspecified atom stereocenters. The smallest absolute Gasteiger partial charge is 0.308 e. The Labute approximate surface area is 388 Å². The van der Waals surface area contributed by atoms with Crippen LogP contribution in [0.4, 0.5) is 0 Å². The maximum atomic E-state index is 12.6. The van der Waals surface area contributed by atoms with E-state index in [9.17, 15) is 55.9 Å². The zero-order valence-electron chi connectivity index (χ0n) is 38.7. The van der Waals surface area contributed by atoms with Crippen LogP contribution in [0.15, 0.2) is 90.2 Å². The molecule has 0 aliphatic carbocycles. The predicted molar refractivity (Wildman–Crippen MR) is 245 cm³/mol. The van der Waals surface area contributed by atoms with Gasteiger partial charge in [0.15, 0.2) is 12.1 Å². The van der Waals surface area contributed by atoms with E-state index in [1.54, 1.807) is 51.2 Å². The first-order chi connectivity index (χ1) is 31.2. The minimum Gasteiger partial charge on any atom is -0.462 e. The molecule has 3 heterocycles. The molecule has 0 aromatic rings. The van der Waals surface area contributed by atoms with Crippen LogP contribution in [0.3, 0.4) is 0 Å². The van der Waals surface area contributed by atoms with Crippen molar-refractivity contribution in [2.45, 2.75) is 177 Å². The molecule has 3 aliphatic heterocycles. The summed E-state index contributed by atoms with van der Waals surface area (Å²) in [5.41, 5.74) is 6.08. The van der Waals surface area contributed by atoms with Gasteiger partial charge in [-0.05, 0) is 33.1 Å². The highest BCUT2D eigenvalue weighted by atomic mass is 16.7. The van der Waals surface area contributed by atoms with Crippen LogP contribution in [0, 0.1) is 17.8 Å². The molecule has 2 bridgehead atoms. The molecule has 0 saturated carbocycles. The molecule has 18 heteroatoms. The van der Waals surface area contributed by atoms with Gasteiger partial charge in [0.1, 0.15) is 19.3 Å². The quantitative estimate of drug-likeness (QED) is 0.107. The third-order valence-corrected chi connectivity index (χ3v) is 12.1. The molecule has 0 radical (unpaired) electrons. The van der Waals surface area contributed by atoms with Crippen molar-refractivity contribution in [2.75, 3.05) is 7.11 Å². The highest BCUT2D eigenvalue weighted by Gasteiger charge is 2.48. The van der Waals surface area contributed by atoms with Gasteiger partial charge >= 0.3 is 5.97 Å². The van der Waals surface area contributed by atoms with E-state index >= 15 is 0 Å². The Kier molecular flexibility index (Phi) is 24.8. The molecule has 0 aromatic heterocycles. The van der Waals surface area contributed by atoms with Crippen molar-refractivity contribution in [2.24, 2.45) is 28.6 Å². The first kappa shape index (κ1) is 56.9. The first-order valence-corrected chi connectivity index (χ1v) is 22.8. The third-order valence-electron chi connectivity index (χ3n) is 12.1. The van der Waals surface area contributed by atoms with E-state index in [4.69, 9.17) is 29.5 Å². The zero-order chi connectivity index (χ0) is 49.0. The van der Waals surface area contributed by atoms with Crippen LogP contribution in [0.5, 0.6) is 0 Å². The fourth-order valence-electron chi connectivity index (χ4n) is 8.00. The molecule has 3 rings (SSSR count). The van der Waals surface area contributed by atoms with Crippen LogP contribution in [-0.2, 0) is 28.6 Å². The van der Waals surface area contributed by atoms with Crippen molar-refractivity contribution in [1.82, 2.24) is 0 Å². The van der Waals surface area contributed by atoms with E-state index < -0.39 is 135 Å². The van der Waals surface area contributed by atoms with E-state index in [1.165, 1.54) is 13.3 Å². The number of nitrogens with zero attached hydrogens (tertiary/aromatic N) is 1. The van der Waals surface area contributed by atoms with Gasteiger partial charge in [-0.3, -0.25) is 4.79 Å². The Hall–Kier alpha value is -3.44. The summed E-state index contributed by atoms with van der Waals surface area (Å²) in [6.07, 6.45) is 7.81. The van der Waals surface area contributed by atoms with Crippen molar-refractivity contribution in [3.63, 3.8) is 0 Å². The second kappa shape index (κ2) is 28.8. The van der Waals surface area contributed by atoms with E-state index in [2.05, 4.69) is 5.16 Å². The molecular formula is C48H76N2O16. The summed E-state index contributed by atoms with van der Waals surface area (Å²) in [6.45, 7) is 6.83. The fraction of sp³-hybridized carbons (Fsp3) is 0.667. The lowest BCUT2D eigenvalue weighted by molar-refractivity contribution is -0.304. The van der Waals surface area contributed by atoms with Crippen LogP contribution in [0.25, 0.3) is 0 Å². The average Bonchev–Trinajstić information content (AvgIpc) is 3.24. The number of cyclic esters (lactones) is 1. The SMILES string of the molecule is CO/N=C/[C@H]1[C@@H]2C[C@@H](O[C@@H]3O[C@H](C)[C@@H](O)[C@H](N)[C@@H]3O)C=CC=CC=CC=CC=CC=CC=C[C@H](C)[C@@H](O)[C@@H](C)[C@H](C)OC(=O)C[C@H](O)C[C@H](O)CC[C@@H](O)[C@H](O)C[C@H](O)C[C@](O)(C[C@@H]1O)O2. The number of allylic oxidation sites excluding steroid dienone is 12. The predicted octanol–water partition coefficient (Wildman–Crippen LogP) is 1.26. The van der Waals surface area contributed by atoms with Gasteiger partial charge in [-0.25, -0.2) is 0 Å². The second-order valence-corrected chi connectivity index (χ2v) is 17.7. The lowest BCUT2D eigenvalue weighted by Gasteiger charge is -2.45. The van der Waals surface area contributed by atoms with E-state index in [-0.39, 0.29) is 38.0 Å². The normalized spacial score (nSPS) is 41.7. The highest BCUT2D eigenvalue weighted by Crippen LogP contribution is 2.37. The van der Waals surface area contributed by atoms with Crippen molar-refractivity contribution < 1.29 is 79.6 Å². The number of hydrogen-bond acceptors (Lipinski definition) is 18. The van der Waals surface area contributed by atoms with Crippen LogP contribution >= 0.6 is 0 Å². The molecule has 18 nitrogen and oxygen atoms in total. The standard InChI is InChI=1S/C48H76N2O16/c1-29-18-16-14-12-10-8-6-7-9-11-13-15-17-19-36(65-47-46(60)43(49)45(59)32(4)64-47)25-41-37(28-50-62-5)40(56)27-48(61,66-41)26-35(53)23-39(55)38(54)21-20-33(51)22-34(52)24-42(57)63-31(3)30(2)44(29)58/h6-19,28-41,43-47,51-56,58-61H,20-27,49H2,1-5H3/b7-6?,10-8?,11-9?,14-12?,15-13?,18-16?,19-17?,50-28+/t29-,30-,31-,32+,33+,34+,35-,36-,37+,38+,39+,40-,41-,43-,44+,45+,46-,47-,48+/m0/s1. The van der Waals surface area contributed by atoms with Crippen LogP contribution in [-0.4, -0.2) is 168 Å². The lowest BCUT2D eigenvalue weighted by Crippen LogP contribution is -2.61. The monoisotopic (exact) mass is 937 g/mol. The molecule has 19 atom stereocenters. The number of ether oxygens (including phenoxy) is 4. The maximum absolute atomic E-state index is 12.6. The summed E-state index contributed by atoms with van der Waals surface area (Å²) in [5, 5.41) is 113. The molecule has 0 amide bonds. The summed E-state index contributed by atoms with van der Waals surface area (Å²) in [4.78, 5) is 17.5. The van der Waals surface area contributed by atoms with Gasteiger partial charge in [0.05, 0.1) is 91.7 Å². The number of aliphatic hydroxyl groups is 10. The second-order valence-electron chi connectivity index (χ2n) is 17.7. The molecule has 66 heavy (non-hydrogen) atoms. The van der Waals surface area contributed by atoms with Gasteiger partial charge in [0, 0.05) is 37.5 Å².